The number of rotatable bonds is 9. The van der Waals surface area contributed by atoms with Gasteiger partial charge in [0.2, 0.25) is 5.91 Å². The van der Waals surface area contributed by atoms with Crippen LogP contribution in [0.15, 0.2) is 0 Å². The molecule has 1 heterocycles. The average Bonchev–Trinajstić information content (AvgIpc) is 2.61. The molecule has 146 valence electrons. The third-order valence-electron chi connectivity index (χ3n) is 6.02. The molecule has 0 aromatic heterocycles. The van der Waals surface area contributed by atoms with Gasteiger partial charge in [-0.15, -0.1) is 0 Å². The zero-order valence-corrected chi connectivity index (χ0v) is 16.9. The van der Waals surface area contributed by atoms with Crippen molar-refractivity contribution >= 4 is 5.91 Å². The SMILES string of the molecule is COCCCCC(=O)N1CCC(N(C)C2CC(OC(C)C)[C@H]2C)CC1. The highest BCUT2D eigenvalue weighted by Crippen LogP contribution is 2.37. The molecule has 1 saturated heterocycles. The Morgan fingerprint density at radius 3 is 2.48 bits per heavy atom. The van der Waals surface area contributed by atoms with Crippen molar-refractivity contribution in [1.82, 2.24) is 9.80 Å². The summed E-state index contributed by atoms with van der Waals surface area (Å²) in [7, 11) is 3.98. The summed E-state index contributed by atoms with van der Waals surface area (Å²) in [5.41, 5.74) is 0. The van der Waals surface area contributed by atoms with Gasteiger partial charge in [-0.25, -0.2) is 0 Å². The average molecular weight is 355 g/mol. The van der Waals surface area contributed by atoms with Crippen LogP contribution in [0.25, 0.3) is 0 Å². The first kappa shape index (κ1) is 20.7. The summed E-state index contributed by atoms with van der Waals surface area (Å²) in [6.07, 6.45) is 6.65. The number of nitrogens with zero attached hydrogens (tertiary/aromatic N) is 2. The van der Waals surface area contributed by atoms with Crippen molar-refractivity contribution < 1.29 is 14.3 Å². The van der Waals surface area contributed by atoms with Crippen LogP contribution in [-0.4, -0.2) is 73.9 Å². The molecular formula is C20H38N2O3. The van der Waals surface area contributed by atoms with Crippen molar-refractivity contribution in [3.63, 3.8) is 0 Å². The Hall–Kier alpha value is -0.650. The predicted octanol–water partition coefficient (Wildman–Crippen LogP) is 2.93. The molecule has 1 aliphatic carbocycles. The second-order valence-corrected chi connectivity index (χ2v) is 8.11. The quantitative estimate of drug-likeness (QED) is 0.597. The molecule has 2 aliphatic rings. The number of unbranched alkanes of at least 4 members (excludes halogenated alkanes) is 1. The molecule has 0 N–H and O–H groups in total. The van der Waals surface area contributed by atoms with Crippen molar-refractivity contribution in [1.29, 1.82) is 0 Å². The Balaban J connectivity index is 1.68. The van der Waals surface area contributed by atoms with Gasteiger partial charge in [0.05, 0.1) is 12.2 Å². The van der Waals surface area contributed by atoms with E-state index in [0.717, 1.165) is 51.8 Å². The van der Waals surface area contributed by atoms with E-state index in [4.69, 9.17) is 9.47 Å². The Bertz CT molecular complexity index is 408. The standard InChI is InChI=1S/C20H38N2O3/c1-15(2)25-19-14-18(16(19)3)21(4)17-9-11-22(12-10-17)20(23)8-6-7-13-24-5/h15-19H,6-14H2,1-5H3/t16-,18?,19?/m0/s1. The lowest BCUT2D eigenvalue weighted by atomic mass is 9.76. The number of hydrogen-bond donors (Lipinski definition) is 0. The van der Waals surface area contributed by atoms with Crippen molar-refractivity contribution in [2.45, 2.75) is 83.6 Å². The molecule has 5 heteroatoms. The van der Waals surface area contributed by atoms with E-state index in [0.29, 0.717) is 42.5 Å². The molecule has 1 aliphatic heterocycles. The third-order valence-corrected chi connectivity index (χ3v) is 6.02. The number of ether oxygens (including phenoxy) is 2. The predicted molar refractivity (Wildman–Crippen MR) is 101 cm³/mol. The molecular weight excluding hydrogens is 316 g/mol. The van der Waals surface area contributed by atoms with Gasteiger partial charge < -0.3 is 14.4 Å². The van der Waals surface area contributed by atoms with Crippen molar-refractivity contribution in [3.8, 4) is 0 Å². The molecule has 0 spiro atoms. The molecule has 1 amide bonds. The minimum Gasteiger partial charge on any atom is -0.385 e. The Morgan fingerprint density at radius 2 is 1.92 bits per heavy atom. The van der Waals surface area contributed by atoms with E-state index < -0.39 is 0 Å². The van der Waals surface area contributed by atoms with Crippen LogP contribution in [0.2, 0.25) is 0 Å². The summed E-state index contributed by atoms with van der Waals surface area (Å²) in [5, 5.41) is 0. The number of methoxy groups -OCH3 is 1. The third kappa shape index (κ3) is 5.66. The number of carbonyl (C=O) groups excluding carboxylic acids is 1. The van der Waals surface area contributed by atoms with Crippen molar-refractivity contribution in [3.05, 3.63) is 0 Å². The first-order valence-electron chi connectivity index (χ1n) is 10.1. The van der Waals surface area contributed by atoms with Crippen LogP contribution in [0.5, 0.6) is 0 Å². The molecule has 25 heavy (non-hydrogen) atoms. The topological polar surface area (TPSA) is 42.0 Å². The molecule has 2 rings (SSSR count). The maximum Gasteiger partial charge on any atom is 0.222 e. The van der Waals surface area contributed by atoms with Gasteiger partial charge >= 0.3 is 0 Å². The Kier molecular flexibility index (Phi) is 8.17. The van der Waals surface area contributed by atoms with E-state index in [1.807, 2.05) is 0 Å². The molecule has 0 bridgehead atoms. The van der Waals surface area contributed by atoms with Gasteiger partial charge in [0, 0.05) is 45.3 Å². The number of amides is 1. The normalized spacial score (nSPS) is 27.8. The maximum absolute atomic E-state index is 12.3. The van der Waals surface area contributed by atoms with Gasteiger partial charge in [-0.2, -0.15) is 0 Å². The minimum absolute atomic E-state index is 0.317. The van der Waals surface area contributed by atoms with Crippen molar-refractivity contribution in [2.75, 3.05) is 33.9 Å². The van der Waals surface area contributed by atoms with Gasteiger partial charge in [0.1, 0.15) is 0 Å². The van der Waals surface area contributed by atoms with Gasteiger partial charge in [-0.05, 0) is 58.9 Å². The molecule has 1 saturated carbocycles. The highest BCUT2D eigenvalue weighted by molar-refractivity contribution is 5.76. The van der Waals surface area contributed by atoms with Crippen LogP contribution >= 0.6 is 0 Å². The van der Waals surface area contributed by atoms with Crippen LogP contribution in [0, 0.1) is 5.92 Å². The lowest BCUT2D eigenvalue weighted by Gasteiger charge is -2.51. The van der Waals surface area contributed by atoms with Crippen LogP contribution < -0.4 is 0 Å². The fraction of sp³-hybridized carbons (Fsp3) is 0.950. The second-order valence-electron chi connectivity index (χ2n) is 8.11. The molecule has 2 unspecified atom stereocenters. The summed E-state index contributed by atoms with van der Waals surface area (Å²) < 4.78 is 11.0. The fourth-order valence-electron chi connectivity index (χ4n) is 4.26. The fourth-order valence-corrected chi connectivity index (χ4v) is 4.26. The number of carbonyl (C=O) groups is 1. The number of piperidine rings is 1. The van der Waals surface area contributed by atoms with Gasteiger partial charge in [0.15, 0.2) is 0 Å². The van der Waals surface area contributed by atoms with E-state index in [-0.39, 0.29) is 0 Å². The first-order valence-corrected chi connectivity index (χ1v) is 10.1. The lowest BCUT2D eigenvalue weighted by Crippen LogP contribution is -2.58. The summed E-state index contributed by atoms with van der Waals surface area (Å²) in [6, 6.07) is 1.23. The monoisotopic (exact) mass is 354 g/mol. The Labute approximate surface area is 154 Å². The molecule has 5 nitrogen and oxygen atoms in total. The molecule has 0 aromatic rings. The Morgan fingerprint density at radius 1 is 1.24 bits per heavy atom. The van der Waals surface area contributed by atoms with Crippen LogP contribution in [0.1, 0.15) is 59.3 Å². The lowest BCUT2D eigenvalue weighted by molar-refractivity contribution is -0.135. The van der Waals surface area contributed by atoms with Gasteiger partial charge in [-0.3, -0.25) is 9.69 Å². The largest absolute Gasteiger partial charge is 0.385 e. The molecule has 2 fully saturated rings. The molecule has 3 atom stereocenters. The van der Waals surface area contributed by atoms with E-state index in [9.17, 15) is 4.79 Å². The number of likely N-dealkylation sites (tertiary alicyclic amines) is 1. The van der Waals surface area contributed by atoms with Crippen LogP contribution in [0.3, 0.4) is 0 Å². The molecule has 0 aromatic carbocycles. The summed E-state index contributed by atoms with van der Waals surface area (Å²) in [5.74, 6) is 0.924. The first-order chi connectivity index (χ1) is 11.9. The molecule has 0 radical (unpaired) electrons. The zero-order chi connectivity index (χ0) is 18.4. The van der Waals surface area contributed by atoms with Gasteiger partial charge in [-0.1, -0.05) is 6.92 Å². The van der Waals surface area contributed by atoms with E-state index >= 15 is 0 Å². The van der Waals surface area contributed by atoms with Gasteiger partial charge in [0.25, 0.3) is 0 Å². The van der Waals surface area contributed by atoms with Crippen LogP contribution in [-0.2, 0) is 14.3 Å². The minimum atomic E-state index is 0.317. The summed E-state index contributed by atoms with van der Waals surface area (Å²) >= 11 is 0. The van der Waals surface area contributed by atoms with E-state index in [1.165, 1.54) is 0 Å². The summed E-state index contributed by atoms with van der Waals surface area (Å²) in [4.78, 5) is 16.9. The van der Waals surface area contributed by atoms with Crippen LogP contribution in [0.4, 0.5) is 0 Å². The summed E-state index contributed by atoms with van der Waals surface area (Å²) in [6.45, 7) is 9.12. The highest BCUT2D eigenvalue weighted by Gasteiger charge is 2.43. The zero-order valence-electron chi connectivity index (χ0n) is 16.9. The van der Waals surface area contributed by atoms with E-state index in [2.05, 4.69) is 37.6 Å². The van der Waals surface area contributed by atoms with Crippen molar-refractivity contribution in [2.24, 2.45) is 5.92 Å². The smallest absolute Gasteiger partial charge is 0.222 e. The highest BCUT2D eigenvalue weighted by atomic mass is 16.5. The van der Waals surface area contributed by atoms with E-state index in [1.54, 1.807) is 7.11 Å². The number of hydrogen-bond acceptors (Lipinski definition) is 4. The maximum atomic E-state index is 12.3. The second kappa shape index (κ2) is 9.89.